The molecule has 0 heterocycles. The Kier molecular flexibility index (Phi) is 3.50. The summed E-state index contributed by atoms with van der Waals surface area (Å²) in [5.41, 5.74) is 0.483. The van der Waals surface area contributed by atoms with Crippen molar-refractivity contribution in [3.63, 3.8) is 0 Å². The topological polar surface area (TPSA) is 75.6 Å². The van der Waals surface area contributed by atoms with Gasteiger partial charge in [-0.3, -0.25) is 4.79 Å². The van der Waals surface area contributed by atoms with Crippen LogP contribution in [0.4, 0.5) is 0 Å². The van der Waals surface area contributed by atoms with Crippen molar-refractivity contribution in [2.75, 3.05) is 0 Å². The fraction of sp³-hybridized carbons (Fsp3) is 0.385. The second kappa shape index (κ2) is 5.08. The van der Waals surface area contributed by atoms with E-state index < -0.39 is 12.1 Å². The molecular formula is C13H15NO4. The van der Waals surface area contributed by atoms with E-state index >= 15 is 0 Å². The van der Waals surface area contributed by atoms with Crippen LogP contribution in [0.2, 0.25) is 0 Å². The number of amides is 1. The fourth-order valence-electron chi connectivity index (χ4n) is 1.46. The van der Waals surface area contributed by atoms with E-state index in [0.717, 1.165) is 12.8 Å². The van der Waals surface area contributed by atoms with E-state index in [1.165, 1.54) is 6.92 Å². The molecule has 1 fully saturated rings. The third-order valence-corrected chi connectivity index (χ3v) is 2.67. The molecule has 0 bridgehead atoms. The van der Waals surface area contributed by atoms with Crippen LogP contribution in [-0.2, 0) is 4.79 Å². The van der Waals surface area contributed by atoms with Crippen LogP contribution in [0.25, 0.3) is 0 Å². The first-order chi connectivity index (χ1) is 8.56. The molecule has 1 aromatic rings. The summed E-state index contributed by atoms with van der Waals surface area (Å²) in [5, 5.41) is 11.6. The SMILES string of the molecule is CC(Oc1cccc(C(=O)NC2CC2)c1)C(=O)O. The monoisotopic (exact) mass is 249 g/mol. The predicted octanol–water partition coefficient (Wildman–Crippen LogP) is 1.43. The van der Waals surface area contributed by atoms with E-state index in [1.807, 2.05) is 0 Å². The summed E-state index contributed by atoms with van der Waals surface area (Å²) in [5.74, 6) is -0.804. The van der Waals surface area contributed by atoms with Gasteiger partial charge in [-0.05, 0) is 38.0 Å². The number of ether oxygens (including phenoxy) is 1. The van der Waals surface area contributed by atoms with Crippen molar-refractivity contribution in [2.45, 2.75) is 31.9 Å². The van der Waals surface area contributed by atoms with E-state index in [9.17, 15) is 9.59 Å². The molecule has 0 saturated heterocycles. The molecule has 0 radical (unpaired) electrons. The van der Waals surface area contributed by atoms with Crippen LogP contribution in [0.1, 0.15) is 30.1 Å². The van der Waals surface area contributed by atoms with Crippen molar-refractivity contribution in [1.29, 1.82) is 0 Å². The summed E-state index contributed by atoms with van der Waals surface area (Å²) in [7, 11) is 0. The lowest BCUT2D eigenvalue weighted by atomic mass is 10.2. The molecule has 2 rings (SSSR count). The van der Waals surface area contributed by atoms with Gasteiger partial charge < -0.3 is 15.2 Å². The summed E-state index contributed by atoms with van der Waals surface area (Å²) in [4.78, 5) is 22.5. The van der Waals surface area contributed by atoms with Gasteiger partial charge in [0.15, 0.2) is 6.10 Å². The molecule has 1 amide bonds. The Morgan fingerprint density at radius 3 is 2.78 bits per heavy atom. The average Bonchev–Trinajstić information content (AvgIpc) is 3.13. The van der Waals surface area contributed by atoms with Gasteiger partial charge in [-0.1, -0.05) is 6.07 Å². The highest BCUT2D eigenvalue weighted by atomic mass is 16.5. The number of carbonyl (C=O) groups is 2. The van der Waals surface area contributed by atoms with Gasteiger partial charge in [-0.2, -0.15) is 0 Å². The third kappa shape index (κ3) is 3.23. The zero-order valence-corrected chi connectivity index (χ0v) is 10.1. The van der Waals surface area contributed by atoms with Gasteiger partial charge in [-0.15, -0.1) is 0 Å². The fourth-order valence-corrected chi connectivity index (χ4v) is 1.46. The zero-order valence-electron chi connectivity index (χ0n) is 10.1. The van der Waals surface area contributed by atoms with Crippen LogP contribution in [0.5, 0.6) is 5.75 Å². The first-order valence-electron chi connectivity index (χ1n) is 5.86. The second-order valence-electron chi connectivity index (χ2n) is 4.37. The number of nitrogens with one attached hydrogen (secondary N) is 1. The molecule has 5 heteroatoms. The van der Waals surface area contributed by atoms with Crippen LogP contribution in [0, 0.1) is 0 Å². The normalized spacial score (nSPS) is 15.8. The number of carbonyl (C=O) groups excluding carboxylic acids is 1. The summed E-state index contributed by atoms with van der Waals surface area (Å²) >= 11 is 0. The molecule has 1 saturated carbocycles. The molecule has 0 spiro atoms. The zero-order chi connectivity index (χ0) is 13.1. The number of aliphatic carboxylic acids is 1. The Balaban J connectivity index is 2.04. The molecule has 96 valence electrons. The molecule has 1 aliphatic carbocycles. The Morgan fingerprint density at radius 2 is 2.17 bits per heavy atom. The maximum absolute atomic E-state index is 11.8. The van der Waals surface area contributed by atoms with E-state index in [-0.39, 0.29) is 5.91 Å². The quantitative estimate of drug-likeness (QED) is 0.827. The van der Waals surface area contributed by atoms with Gasteiger partial charge in [-0.25, -0.2) is 4.79 Å². The summed E-state index contributed by atoms with van der Waals surface area (Å²) in [6.07, 6.45) is 1.11. The molecule has 0 aromatic heterocycles. The minimum Gasteiger partial charge on any atom is -0.479 e. The number of carboxylic acids is 1. The van der Waals surface area contributed by atoms with Crippen molar-refractivity contribution in [1.82, 2.24) is 5.32 Å². The molecule has 0 aliphatic heterocycles. The Labute approximate surface area is 105 Å². The highest BCUT2D eigenvalue weighted by Crippen LogP contribution is 2.20. The number of hydrogen-bond donors (Lipinski definition) is 2. The van der Waals surface area contributed by atoms with Crippen molar-refractivity contribution in [3.05, 3.63) is 29.8 Å². The minimum absolute atomic E-state index is 0.147. The third-order valence-electron chi connectivity index (χ3n) is 2.67. The lowest BCUT2D eigenvalue weighted by molar-refractivity contribution is -0.144. The summed E-state index contributed by atoms with van der Waals surface area (Å²) < 4.78 is 5.21. The minimum atomic E-state index is -1.04. The van der Waals surface area contributed by atoms with Gasteiger partial charge in [0.05, 0.1) is 0 Å². The molecule has 1 atom stereocenters. The number of hydrogen-bond acceptors (Lipinski definition) is 3. The smallest absolute Gasteiger partial charge is 0.344 e. The highest BCUT2D eigenvalue weighted by Gasteiger charge is 2.24. The molecule has 5 nitrogen and oxygen atoms in total. The molecule has 18 heavy (non-hydrogen) atoms. The largest absolute Gasteiger partial charge is 0.479 e. The average molecular weight is 249 g/mol. The lowest BCUT2D eigenvalue weighted by Crippen LogP contribution is -2.26. The maximum Gasteiger partial charge on any atom is 0.344 e. The molecule has 1 aromatic carbocycles. The van der Waals surface area contributed by atoms with Crippen molar-refractivity contribution < 1.29 is 19.4 Å². The Bertz CT molecular complexity index is 468. The first kappa shape index (κ1) is 12.4. The van der Waals surface area contributed by atoms with E-state index in [1.54, 1.807) is 24.3 Å². The second-order valence-corrected chi connectivity index (χ2v) is 4.37. The van der Waals surface area contributed by atoms with Gasteiger partial charge >= 0.3 is 5.97 Å². The first-order valence-corrected chi connectivity index (χ1v) is 5.86. The Hall–Kier alpha value is -2.04. The predicted molar refractivity (Wildman–Crippen MR) is 64.7 cm³/mol. The van der Waals surface area contributed by atoms with Crippen LogP contribution in [-0.4, -0.2) is 29.1 Å². The number of rotatable bonds is 5. The van der Waals surface area contributed by atoms with Crippen molar-refractivity contribution >= 4 is 11.9 Å². The van der Waals surface area contributed by atoms with Crippen LogP contribution < -0.4 is 10.1 Å². The molecular weight excluding hydrogens is 234 g/mol. The van der Waals surface area contributed by atoms with Crippen molar-refractivity contribution in [3.8, 4) is 5.75 Å². The molecule has 1 aliphatic rings. The highest BCUT2D eigenvalue weighted by molar-refractivity contribution is 5.94. The molecule has 1 unspecified atom stereocenters. The van der Waals surface area contributed by atoms with Crippen molar-refractivity contribution in [2.24, 2.45) is 0 Å². The van der Waals surface area contributed by atoms with E-state index in [0.29, 0.717) is 17.4 Å². The van der Waals surface area contributed by atoms with Gasteiger partial charge in [0.2, 0.25) is 0 Å². The maximum atomic E-state index is 11.8. The standard InChI is InChI=1S/C13H15NO4/c1-8(13(16)17)18-11-4-2-3-9(7-11)12(15)14-10-5-6-10/h2-4,7-8,10H,5-6H2,1H3,(H,14,15)(H,16,17). The van der Waals surface area contributed by atoms with Gasteiger partial charge in [0.25, 0.3) is 5.91 Å². The number of benzene rings is 1. The van der Waals surface area contributed by atoms with Crippen LogP contribution >= 0.6 is 0 Å². The Morgan fingerprint density at radius 1 is 1.44 bits per heavy atom. The van der Waals surface area contributed by atoms with E-state index in [2.05, 4.69) is 5.32 Å². The lowest BCUT2D eigenvalue weighted by Gasteiger charge is -2.11. The number of carboxylic acid groups (broad SMARTS) is 1. The molecule has 2 N–H and O–H groups in total. The summed E-state index contributed by atoms with van der Waals surface area (Å²) in [6, 6.07) is 6.83. The van der Waals surface area contributed by atoms with Gasteiger partial charge in [0, 0.05) is 11.6 Å². The summed E-state index contributed by atoms with van der Waals surface area (Å²) in [6.45, 7) is 1.44. The van der Waals surface area contributed by atoms with Crippen LogP contribution in [0.3, 0.4) is 0 Å². The van der Waals surface area contributed by atoms with E-state index in [4.69, 9.17) is 9.84 Å². The van der Waals surface area contributed by atoms with Gasteiger partial charge in [0.1, 0.15) is 5.75 Å². The van der Waals surface area contributed by atoms with Crippen LogP contribution in [0.15, 0.2) is 24.3 Å².